The predicted molar refractivity (Wildman–Crippen MR) is 62.9 cm³/mol. The van der Waals surface area contributed by atoms with Crippen LogP contribution in [0.25, 0.3) is 11.0 Å². The van der Waals surface area contributed by atoms with Crippen LogP contribution in [0.1, 0.15) is 13.8 Å². The fourth-order valence-corrected chi connectivity index (χ4v) is 1.86. The van der Waals surface area contributed by atoms with Gasteiger partial charge in [-0.05, 0) is 25.6 Å². The van der Waals surface area contributed by atoms with Gasteiger partial charge in [0.1, 0.15) is 0 Å². The first kappa shape index (κ1) is 10.2. The number of fused-ring (bicyclic) bond motifs is 1. The lowest BCUT2D eigenvalue weighted by molar-refractivity contribution is 0.496. The number of nitrogens with one attached hydrogen (secondary N) is 1. The third kappa shape index (κ3) is 2.18. The minimum Gasteiger partial charge on any atom is -0.329 e. The molecule has 1 aromatic heterocycles. The summed E-state index contributed by atoms with van der Waals surface area (Å²) >= 11 is 0. The molecule has 0 aliphatic rings. The molecule has 0 saturated heterocycles. The minimum atomic E-state index is 0.479. The van der Waals surface area contributed by atoms with Crippen LogP contribution in [0, 0.1) is 0 Å². The van der Waals surface area contributed by atoms with Gasteiger partial charge in [0.25, 0.3) is 0 Å². The van der Waals surface area contributed by atoms with Gasteiger partial charge in [0.15, 0.2) is 0 Å². The van der Waals surface area contributed by atoms with E-state index in [1.54, 1.807) is 0 Å². The highest BCUT2D eigenvalue weighted by Crippen LogP contribution is 2.11. The average Bonchev–Trinajstić information content (AvgIpc) is 2.62. The summed E-state index contributed by atoms with van der Waals surface area (Å²) in [7, 11) is 0. The van der Waals surface area contributed by atoms with Crippen molar-refractivity contribution in [3.63, 3.8) is 0 Å². The van der Waals surface area contributed by atoms with E-state index in [9.17, 15) is 0 Å². The van der Waals surface area contributed by atoms with Gasteiger partial charge in [-0.25, -0.2) is 4.98 Å². The molecule has 0 aliphatic heterocycles. The molecule has 1 unspecified atom stereocenters. The highest BCUT2D eigenvalue weighted by molar-refractivity contribution is 5.74. The molecule has 1 N–H and O–H groups in total. The molecule has 0 spiro atoms. The van der Waals surface area contributed by atoms with Gasteiger partial charge in [0, 0.05) is 12.6 Å². The predicted octanol–water partition coefficient (Wildman–Crippen LogP) is 2.03. The van der Waals surface area contributed by atoms with Crippen molar-refractivity contribution < 1.29 is 0 Å². The Morgan fingerprint density at radius 3 is 3.00 bits per heavy atom. The minimum absolute atomic E-state index is 0.479. The zero-order valence-electron chi connectivity index (χ0n) is 9.27. The van der Waals surface area contributed by atoms with Crippen molar-refractivity contribution in [2.24, 2.45) is 0 Å². The normalized spacial score (nSPS) is 13.2. The molecule has 0 radical (unpaired) electrons. The molecule has 2 rings (SSSR count). The molecule has 2 aromatic rings. The molecule has 0 saturated carbocycles. The van der Waals surface area contributed by atoms with E-state index < -0.39 is 0 Å². The number of para-hydroxylation sites is 2. The molecule has 1 atom stereocenters. The van der Waals surface area contributed by atoms with Crippen molar-refractivity contribution >= 4 is 11.0 Å². The lowest BCUT2D eigenvalue weighted by atomic mass is 10.3. The maximum Gasteiger partial charge on any atom is 0.0958 e. The van der Waals surface area contributed by atoms with Gasteiger partial charge >= 0.3 is 0 Å². The number of likely N-dealkylation sites (N-methyl/N-ethyl adjacent to an activating group) is 1. The molecule has 1 heterocycles. The number of hydrogen-bond donors (Lipinski definition) is 1. The van der Waals surface area contributed by atoms with E-state index in [1.807, 2.05) is 18.5 Å². The van der Waals surface area contributed by atoms with Gasteiger partial charge < -0.3 is 9.88 Å². The Morgan fingerprint density at radius 2 is 2.20 bits per heavy atom. The molecule has 0 fully saturated rings. The van der Waals surface area contributed by atoms with E-state index in [0.717, 1.165) is 18.6 Å². The van der Waals surface area contributed by atoms with E-state index in [0.29, 0.717) is 6.04 Å². The summed E-state index contributed by atoms with van der Waals surface area (Å²) in [6.07, 6.45) is 1.92. The number of benzene rings is 1. The van der Waals surface area contributed by atoms with Crippen molar-refractivity contribution in [2.45, 2.75) is 26.4 Å². The molecule has 15 heavy (non-hydrogen) atoms. The first-order valence-electron chi connectivity index (χ1n) is 5.44. The summed E-state index contributed by atoms with van der Waals surface area (Å²) < 4.78 is 2.20. The quantitative estimate of drug-likeness (QED) is 0.824. The number of imidazole rings is 1. The summed E-state index contributed by atoms with van der Waals surface area (Å²) in [6.45, 7) is 6.29. The second-order valence-corrected chi connectivity index (χ2v) is 3.84. The Labute approximate surface area is 90.1 Å². The van der Waals surface area contributed by atoms with Crippen LogP contribution >= 0.6 is 0 Å². The van der Waals surface area contributed by atoms with Crippen LogP contribution in [0.2, 0.25) is 0 Å². The van der Waals surface area contributed by atoms with Gasteiger partial charge in [-0.2, -0.15) is 0 Å². The van der Waals surface area contributed by atoms with Gasteiger partial charge in [0.05, 0.1) is 17.4 Å². The van der Waals surface area contributed by atoms with Gasteiger partial charge in [-0.15, -0.1) is 0 Å². The van der Waals surface area contributed by atoms with E-state index in [2.05, 4.69) is 40.8 Å². The van der Waals surface area contributed by atoms with Gasteiger partial charge in [0.2, 0.25) is 0 Å². The highest BCUT2D eigenvalue weighted by atomic mass is 15.1. The smallest absolute Gasteiger partial charge is 0.0958 e. The summed E-state index contributed by atoms with van der Waals surface area (Å²) in [5.41, 5.74) is 2.28. The van der Waals surface area contributed by atoms with Crippen LogP contribution in [0.4, 0.5) is 0 Å². The van der Waals surface area contributed by atoms with Crippen molar-refractivity contribution in [2.75, 3.05) is 6.54 Å². The van der Waals surface area contributed by atoms with E-state index in [4.69, 9.17) is 0 Å². The number of rotatable bonds is 4. The molecule has 80 valence electrons. The number of hydrogen-bond acceptors (Lipinski definition) is 2. The number of aromatic nitrogens is 2. The third-order valence-corrected chi connectivity index (χ3v) is 2.55. The van der Waals surface area contributed by atoms with E-state index in [1.165, 1.54) is 5.52 Å². The first-order chi connectivity index (χ1) is 7.31. The lowest BCUT2D eigenvalue weighted by Gasteiger charge is -2.13. The van der Waals surface area contributed by atoms with Crippen LogP contribution < -0.4 is 5.32 Å². The summed E-state index contributed by atoms with van der Waals surface area (Å²) in [5.74, 6) is 0. The largest absolute Gasteiger partial charge is 0.329 e. The summed E-state index contributed by atoms with van der Waals surface area (Å²) in [5, 5.41) is 3.40. The standard InChI is InChI=1S/C12H17N3/c1-3-13-10(2)8-15-9-14-11-6-4-5-7-12(11)15/h4-7,9-10,13H,3,8H2,1-2H3. The van der Waals surface area contributed by atoms with Crippen LogP contribution in [0.5, 0.6) is 0 Å². The molecular weight excluding hydrogens is 186 g/mol. The number of nitrogens with zero attached hydrogens (tertiary/aromatic N) is 2. The van der Waals surface area contributed by atoms with E-state index >= 15 is 0 Å². The fraction of sp³-hybridized carbons (Fsp3) is 0.417. The molecule has 0 bridgehead atoms. The summed E-state index contributed by atoms with van der Waals surface area (Å²) in [6, 6.07) is 8.71. The Bertz CT molecular complexity index is 433. The van der Waals surface area contributed by atoms with Crippen LogP contribution in [0.15, 0.2) is 30.6 Å². The average molecular weight is 203 g/mol. The van der Waals surface area contributed by atoms with Crippen molar-refractivity contribution in [1.29, 1.82) is 0 Å². The topological polar surface area (TPSA) is 29.9 Å². The second-order valence-electron chi connectivity index (χ2n) is 3.84. The Morgan fingerprint density at radius 1 is 1.40 bits per heavy atom. The maximum atomic E-state index is 4.37. The van der Waals surface area contributed by atoms with Crippen LogP contribution in [-0.2, 0) is 6.54 Å². The van der Waals surface area contributed by atoms with Crippen LogP contribution in [0.3, 0.4) is 0 Å². The van der Waals surface area contributed by atoms with E-state index in [-0.39, 0.29) is 0 Å². The highest BCUT2D eigenvalue weighted by Gasteiger charge is 2.04. The zero-order valence-corrected chi connectivity index (χ0v) is 9.27. The Hall–Kier alpha value is -1.35. The van der Waals surface area contributed by atoms with Crippen molar-refractivity contribution in [1.82, 2.24) is 14.9 Å². The van der Waals surface area contributed by atoms with Crippen molar-refractivity contribution in [3.05, 3.63) is 30.6 Å². The summed E-state index contributed by atoms with van der Waals surface area (Å²) in [4.78, 5) is 4.37. The monoisotopic (exact) mass is 203 g/mol. The SMILES string of the molecule is CCNC(C)Cn1cnc2ccccc21. The zero-order chi connectivity index (χ0) is 10.7. The maximum absolute atomic E-state index is 4.37. The van der Waals surface area contributed by atoms with Crippen molar-refractivity contribution in [3.8, 4) is 0 Å². The molecule has 3 nitrogen and oxygen atoms in total. The molecule has 0 amide bonds. The Kier molecular flexibility index (Phi) is 3.02. The second kappa shape index (κ2) is 4.45. The molecule has 0 aliphatic carbocycles. The Balaban J connectivity index is 2.21. The fourth-order valence-electron chi connectivity index (χ4n) is 1.86. The van der Waals surface area contributed by atoms with Gasteiger partial charge in [-0.3, -0.25) is 0 Å². The molecule has 3 heteroatoms. The van der Waals surface area contributed by atoms with Gasteiger partial charge in [-0.1, -0.05) is 19.1 Å². The lowest BCUT2D eigenvalue weighted by Crippen LogP contribution is -2.29. The molecular formula is C12H17N3. The third-order valence-electron chi connectivity index (χ3n) is 2.55. The first-order valence-corrected chi connectivity index (χ1v) is 5.44. The molecule has 1 aromatic carbocycles. The van der Waals surface area contributed by atoms with Crippen LogP contribution in [-0.4, -0.2) is 22.1 Å².